The van der Waals surface area contributed by atoms with Gasteiger partial charge in [0.25, 0.3) is 0 Å². The van der Waals surface area contributed by atoms with Gasteiger partial charge in [0.2, 0.25) is 0 Å². The number of benzene rings is 2. The van der Waals surface area contributed by atoms with Crippen molar-refractivity contribution in [3.63, 3.8) is 0 Å². The lowest BCUT2D eigenvalue weighted by molar-refractivity contribution is 0.102. The first-order valence-electron chi connectivity index (χ1n) is 5.97. The highest BCUT2D eigenvalue weighted by Gasteiger charge is 2.25. The maximum Gasteiger partial charge on any atom is 0.112 e. The average Bonchev–Trinajstić information content (AvgIpc) is 2.32. The molecular weight excluding hydrogens is 244 g/mol. The molecule has 0 bridgehead atoms. The van der Waals surface area contributed by atoms with Crippen LogP contribution in [0.5, 0.6) is 0 Å². The Bertz CT molecular complexity index is 573. The van der Waals surface area contributed by atoms with Crippen molar-refractivity contribution in [2.45, 2.75) is 26.4 Å². The quantitative estimate of drug-likeness (QED) is 0.858. The van der Waals surface area contributed by atoms with Gasteiger partial charge in [-0.1, -0.05) is 41.9 Å². The first kappa shape index (κ1) is 13.1. The van der Waals surface area contributed by atoms with E-state index >= 15 is 0 Å². The summed E-state index contributed by atoms with van der Waals surface area (Å²) in [5, 5.41) is 11.4. The molecule has 18 heavy (non-hydrogen) atoms. The second-order valence-electron chi connectivity index (χ2n) is 4.88. The summed E-state index contributed by atoms with van der Waals surface area (Å²) in [5.41, 5.74) is 3.06. The number of hydrogen-bond donors (Lipinski definition) is 1. The highest BCUT2D eigenvalue weighted by molar-refractivity contribution is 6.30. The van der Waals surface area contributed by atoms with Crippen molar-refractivity contribution in [1.82, 2.24) is 0 Å². The Morgan fingerprint density at radius 3 is 2.22 bits per heavy atom. The van der Waals surface area contributed by atoms with Crippen molar-refractivity contribution in [3.05, 3.63) is 69.7 Å². The molecule has 0 fully saturated rings. The third kappa shape index (κ3) is 2.43. The SMILES string of the molecule is Cc1ccc(C(C)(O)c2cccc(Cl)c2)cc1C. The van der Waals surface area contributed by atoms with E-state index in [1.54, 1.807) is 13.0 Å². The van der Waals surface area contributed by atoms with Gasteiger partial charge in [-0.15, -0.1) is 0 Å². The second kappa shape index (κ2) is 4.75. The van der Waals surface area contributed by atoms with E-state index in [9.17, 15) is 5.11 Å². The van der Waals surface area contributed by atoms with Gasteiger partial charge in [0.15, 0.2) is 0 Å². The number of rotatable bonds is 2. The predicted octanol–water partition coefficient (Wildman–Crippen LogP) is 4.21. The third-order valence-corrected chi connectivity index (χ3v) is 3.69. The maximum absolute atomic E-state index is 10.7. The molecule has 1 atom stereocenters. The fraction of sp³-hybridized carbons (Fsp3) is 0.250. The molecule has 0 aromatic heterocycles. The van der Waals surface area contributed by atoms with Crippen LogP contribution in [0.1, 0.15) is 29.2 Å². The van der Waals surface area contributed by atoms with Crippen LogP contribution in [-0.2, 0) is 5.60 Å². The van der Waals surface area contributed by atoms with Crippen molar-refractivity contribution in [1.29, 1.82) is 0 Å². The molecule has 0 spiro atoms. The van der Waals surface area contributed by atoms with Crippen LogP contribution in [-0.4, -0.2) is 5.11 Å². The van der Waals surface area contributed by atoms with Crippen LogP contribution in [0.2, 0.25) is 5.02 Å². The molecule has 2 heteroatoms. The summed E-state index contributed by atoms with van der Waals surface area (Å²) in [4.78, 5) is 0. The Labute approximate surface area is 113 Å². The normalized spacial score (nSPS) is 14.3. The summed E-state index contributed by atoms with van der Waals surface area (Å²) in [6.45, 7) is 5.91. The van der Waals surface area contributed by atoms with Gasteiger partial charge in [-0.25, -0.2) is 0 Å². The fourth-order valence-corrected chi connectivity index (χ4v) is 2.19. The van der Waals surface area contributed by atoms with Crippen LogP contribution in [0, 0.1) is 13.8 Å². The summed E-state index contributed by atoms with van der Waals surface area (Å²) >= 11 is 5.98. The molecule has 0 aliphatic heterocycles. The van der Waals surface area contributed by atoms with Crippen LogP contribution in [0.4, 0.5) is 0 Å². The van der Waals surface area contributed by atoms with Gasteiger partial charge in [0, 0.05) is 5.02 Å². The summed E-state index contributed by atoms with van der Waals surface area (Å²) in [7, 11) is 0. The third-order valence-electron chi connectivity index (χ3n) is 3.46. The van der Waals surface area contributed by atoms with Crippen molar-refractivity contribution in [2.75, 3.05) is 0 Å². The van der Waals surface area contributed by atoms with Gasteiger partial charge >= 0.3 is 0 Å². The molecule has 2 aromatic carbocycles. The van der Waals surface area contributed by atoms with Crippen molar-refractivity contribution in [3.8, 4) is 0 Å². The molecule has 1 nitrogen and oxygen atoms in total. The van der Waals surface area contributed by atoms with Crippen LogP contribution in [0.3, 0.4) is 0 Å². The Morgan fingerprint density at radius 1 is 0.944 bits per heavy atom. The topological polar surface area (TPSA) is 20.2 Å². The summed E-state index contributed by atoms with van der Waals surface area (Å²) < 4.78 is 0. The van der Waals surface area contributed by atoms with E-state index in [4.69, 9.17) is 11.6 Å². The highest BCUT2D eigenvalue weighted by Crippen LogP contribution is 2.31. The Hall–Kier alpha value is -1.31. The zero-order chi connectivity index (χ0) is 13.3. The molecular formula is C16H17ClO. The van der Waals surface area contributed by atoms with E-state index < -0.39 is 5.60 Å². The molecule has 0 heterocycles. The van der Waals surface area contributed by atoms with Gasteiger partial charge in [-0.05, 0) is 55.2 Å². The van der Waals surface area contributed by atoms with Crippen LogP contribution in [0.25, 0.3) is 0 Å². The summed E-state index contributed by atoms with van der Waals surface area (Å²) in [5.74, 6) is 0. The number of hydrogen-bond acceptors (Lipinski definition) is 1. The van der Waals surface area contributed by atoms with E-state index in [0.717, 1.165) is 11.1 Å². The van der Waals surface area contributed by atoms with Crippen LogP contribution >= 0.6 is 11.6 Å². The van der Waals surface area contributed by atoms with Crippen molar-refractivity contribution in [2.24, 2.45) is 0 Å². The summed E-state index contributed by atoms with van der Waals surface area (Å²) in [6.07, 6.45) is 0. The minimum absolute atomic E-state index is 0.636. The Kier molecular flexibility index (Phi) is 3.47. The highest BCUT2D eigenvalue weighted by atomic mass is 35.5. The van der Waals surface area contributed by atoms with E-state index in [1.165, 1.54) is 11.1 Å². The van der Waals surface area contributed by atoms with E-state index in [1.807, 2.05) is 43.3 Å². The molecule has 0 radical (unpaired) electrons. The monoisotopic (exact) mass is 260 g/mol. The minimum atomic E-state index is -1.02. The van der Waals surface area contributed by atoms with Crippen LogP contribution in [0.15, 0.2) is 42.5 Å². The van der Waals surface area contributed by atoms with E-state index in [0.29, 0.717) is 5.02 Å². The van der Waals surface area contributed by atoms with Gasteiger partial charge in [0.1, 0.15) is 5.60 Å². The van der Waals surface area contributed by atoms with E-state index in [2.05, 4.69) is 6.92 Å². The second-order valence-corrected chi connectivity index (χ2v) is 5.32. The molecule has 0 aliphatic rings. The number of aryl methyl sites for hydroxylation is 2. The molecule has 94 valence electrons. The first-order chi connectivity index (χ1) is 8.41. The largest absolute Gasteiger partial charge is 0.381 e. The van der Waals surface area contributed by atoms with Gasteiger partial charge in [0.05, 0.1) is 0 Å². The molecule has 0 aliphatic carbocycles. The molecule has 2 aromatic rings. The van der Waals surface area contributed by atoms with Crippen molar-refractivity contribution < 1.29 is 5.11 Å². The fourth-order valence-electron chi connectivity index (χ4n) is 2.00. The number of halogens is 1. The van der Waals surface area contributed by atoms with Crippen LogP contribution < -0.4 is 0 Å². The zero-order valence-corrected chi connectivity index (χ0v) is 11.6. The average molecular weight is 261 g/mol. The van der Waals surface area contributed by atoms with Crippen molar-refractivity contribution >= 4 is 11.6 Å². The standard InChI is InChI=1S/C16H17ClO/c1-11-7-8-14(9-12(11)2)16(3,18)13-5-4-6-15(17)10-13/h4-10,18H,1-3H3. The Morgan fingerprint density at radius 2 is 1.61 bits per heavy atom. The molecule has 0 amide bonds. The molecule has 1 N–H and O–H groups in total. The predicted molar refractivity (Wildman–Crippen MR) is 76.0 cm³/mol. The lowest BCUT2D eigenvalue weighted by atomic mass is 9.87. The first-order valence-corrected chi connectivity index (χ1v) is 6.35. The Balaban J connectivity index is 2.50. The van der Waals surface area contributed by atoms with E-state index in [-0.39, 0.29) is 0 Å². The van der Waals surface area contributed by atoms with Gasteiger partial charge in [-0.3, -0.25) is 0 Å². The minimum Gasteiger partial charge on any atom is -0.381 e. The van der Waals surface area contributed by atoms with Gasteiger partial charge in [-0.2, -0.15) is 0 Å². The maximum atomic E-state index is 10.7. The molecule has 0 saturated heterocycles. The molecule has 1 unspecified atom stereocenters. The molecule has 0 saturated carbocycles. The zero-order valence-electron chi connectivity index (χ0n) is 10.9. The summed E-state index contributed by atoms with van der Waals surface area (Å²) in [6, 6.07) is 13.4. The molecule has 2 rings (SSSR count). The lowest BCUT2D eigenvalue weighted by Crippen LogP contribution is -2.22. The number of aliphatic hydroxyl groups is 1. The smallest absolute Gasteiger partial charge is 0.112 e. The van der Waals surface area contributed by atoms with Gasteiger partial charge < -0.3 is 5.11 Å². The lowest BCUT2D eigenvalue weighted by Gasteiger charge is -2.25.